The van der Waals surface area contributed by atoms with Crippen molar-refractivity contribution in [1.29, 1.82) is 0 Å². The average molecular weight is 180 g/mol. The molecule has 1 aliphatic carbocycles. The smallest absolute Gasteiger partial charge is 0.371 e. The van der Waals surface area contributed by atoms with Gasteiger partial charge in [0, 0.05) is 5.92 Å². The molecular weight excluding hydrogens is 168 g/mol. The molecule has 0 saturated heterocycles. The second kappa shape index (κ2) is 3.24. The molecule has 0 amide bonds. The lowest BCUT2D eigenvalue weighted by Crippen LogP contribution is -1.93. The van der Waals surface area contributed by atoms with Crippen molar-refractivity contribution in [1.82, 2.24) is 0 Å². The highest BCUT2D eigenvalue weighted by atomic mass is 16.4. The Labute approximate surface area is 76.4 Å². The van der Waals surface area contributed by atoms with Crippen molar-refractivity contribution in [2.45, 2.75) is 31.6 Å². The SMILES string of the molecule is O=C(O)c1ccc(C2CCCC2)o1. The van der Waals surface area contributed by atoms with Crippen LogP contribution in [0, 0.1) is 0 Å². The second-order valence-electron chi connectivity index (χ2n) is 3.49. The molecule has 1 aromatic rings. The van der Waals surface area contributed by atoms with Gasteiger partial charge in [-0.2, -0.15) is 0 Å². The lowest BCUT2D eigenvalue weighted by molar-refractivity contribution is 0.0659. The Hall–Kier alpha value is -1.25. The Morgan fingerprint density at radius 2 is 2.08 bits per heavy atom. The number of carboxylic acid groups (broad SMARTS) is 1. The van der Waals surface area contributed by atoms with Crippen molar-refractivity contribution in [2.24, 2.45) is 0 Å². The Morgan fingerprint density at radius 1 is 1.38 bits per heavy atom. The molecular formula is C10H12O3. The molecule has 0 spiro atoms. The molecule has 1 aromatic heterocycles. The van der Waals surface area contributed by atoms with Crippen molar-refractivity contribution in [3.63, 3.8) is 0 Å². The van der Waals surface area contributed by atoms with Gasteiger partial charge in [-0.1, -0.05) is 12.8 Å². The summed E-state index contributed by atoms with van der Waals surface area (Å²) >= 11 is 0. The molecule has 1 heterocycles. The first-order valence-corrected chi connectivity index (χ1v) is 4.60. The van der Waals surface area contributed by atoms with Gasteiger partial charge in [-0.25, -0.2) is 4.79 Å². The maximum atomic E-state index is 10.5. The van der Waals surface area contributed by atoms with E-state index < -0.39 is 5.97 Å². The Bertz CT molecular complexity index is 308. The number of hydrogen-bond acceptors (Lipinski definition) is 2. The first-order valence-electron chi connectivity index (χ1n) is 4.60. The minimum absolute atomic E-state index is 0.0573. The molecule has 1 N–H and O–H groups in total. The quantitative estimate of drug-likeness (QED) is 0.761. The largest absolute Gasteiger partial charge is 0.475 e. The van der Waals surface area contributed by atoms with Gasteiger partial charge in [-0.15, -0.1) is 0 Å². The van der Waals surface area contributed by atoms with Gasteiger partial charge in [-0.3, -0.25) is 0 Å². The molecule has 0 atom stereocenters. The molecule has 3 nitrogen and oxygen atoms in total. The van der Waals surface area contributed by atoms with Crippen LogP contribution in [0.1, 0.15) is 47.9 Å². The summed E-state index contributed by atoms with van der Waals surface area (Å²) in [6, 6.07) is 3.33. The van der Waals surface area contributed by atoms with Crippen LogP contribution in [-0.2, 0) is 0 Å². The molecule has 70 valence electrons. The number of carboxylic acids is 1. The molecule has 0 aromatic carbocycles. The molecule has 0 radical (unpaired) electrons. The minimum atomic E-state index is -0.982. The van der Waals surface area contributed by atoms with Crippen LogP contribution in [0.2, 0.25) is 0 Å². The number of aromatic carboxylic acids is 1. The van der Waals surface area contributed by atoms with E-state index in [2.05, 4.69) is 0 Å². The first kappa shape index (κ1) is 8.35. The molecule has 2 rings (SSSR count). The molecule has 1 aliphatic rings. The third-order valence-electron chi connectivity index (χ3n) is 2.60. The van der Waals surface area contributed by atoms with Gasteiger partial charge in [0.2, 0.25) is 5.76 Å². The van der Waals surface area contributed by atoms with Crippen LogP contribution in [0.15, 0.2) is 16.5 Å². The van der Waals surface area contributed by atoms with E-state index in [0.717, 1.165) is 18.6 Å². The van der Waals surface area contributed by atoms with Crippen molar-refractivity contribution >= 4 is 5.97 Å². The highest BCUT2D eigenvalue weighted by Gasteiger charge is 2.21. The molecule has 1 saturated carbocycles. The monoisotopic (exact) mass is 180 g/mol. The first-order chi connectivity index (χ1) is 6.27. The molecule has 0 aliphatic heterocycles. The van der Waals surface area contributed by atoms with E-state index >= 15 is 0 Å². The third-order valence-corrected chi connectivity index (χ3v) is 2.60. The van der Waals surface area contributed by atoms with Crippen LogP contribution in [0.3, 0.4) is 0 Å². The zero-order valence-electron chi connectivity index (χ0n) is 7.32. The summed E-state index contributed by atoms with van der Waals surface area (Å²) in [5, 5.41) is 8.65. The maximum Gasteiger partial charge on any atom is 0.371 e. The van der Waals surface area contributed by atoms with E-state index in [-0.39, 0.29) is 5.76 Å². The second-order valence-corrected chi connectivity index (χ2v) is 3.49. The molecule has 0 unspecified atom stereocenters. The zero-order chi connectivity index (χ0) is 9.26. The number of furan rings is 1. The number of rotatable bonds is 2. The van der Waals surface area contributed by atoms with E-state index in [9.17, 15) is 4.79 Å². The van der Waals surface area contributed by atoms with E-state index in [4.69, 9.17) is 9.52 Å². The fourth-order valence-corrected chi connectivity index (χ4v) is 1.90. The van der Waals surface area contributed by atoms with E-state index in [1.807, 2.05) is 0 Å². The van der Waals surface area contributed by atoms with Crippen molar-refractivity contribution in [2.75, 3.05) is 0 Å². The van der Waals surface area contributed by atoms with E-state index in [0.29, 0.717) is 5.92 Å². The van der Waals surface area contributed by atoms with Crippen LogP contribution in [-0.4, -0.2) is 11.1 Å². The van der Waals surface area contributed by atoms with Crippen LogP contribution in [0.4, 0.5) is 0 Å². The van der Waals surface area contributed by atoms with Gasteiger partial charge in [0.15, 0.2) is 0 Å². The van der Waals surface area contributed by atoms with Gasteiger partial charge >= 0.3 is 5.97 Å². The number of carbonyl (C=O) groups is 1. The van der Waals surface area contributed by atoms with Crippen molar-refractivity contribution in [3.8, 4) is 0 Å². The standard InChI is InChI=1S/C10H12O3/c11-10(12)9-6-5-8(13-9)7-3-1-2-4-7/h5-7H,1-4H2,(H,11,12). The number of hydrogen-bond donors (Lipinski definition) is 1. The summed E-state index contributed by atoms with van der Waals surface area (Å²) < 4.78 is 5.23. The zero-order valence-corrected chi connectivity index (χ0v) is 7.32. The predicted molar refractivity (Wildman–Crippen MR) is 46.9 cm³/mol. The maximum absolute atomic E-state index is 10.5. The summed E-state index contributed by atoms with van der Waals surface area (Å²) in [7, 11) is 0. The molecule has 13 heavy (non-hydrogen) atoms. The van der Waals surface area contributed by atoms with Crippen molar-refractivity contribution in [3.05, 3.63) is 23.7 Å². The van der Waals surface area contributed by atoms with E-state index in [1.165, 1.54) is 18.9 Å². The summed E-state index contributed by atoms with van der Waals surface area (Å²) in [5.74, 6) is 0.370. The lowest BCUT2D eigenvalue weighted by Gasteiger charge is -2.02. The van der Waals surface area contributed by atoms with Gasteiger partial charge in [-0.05, 0) is 25.0 Å². The van der Waals surface area contributed by atoms with Crippen LogP contribution < -0.4 is 0 Å². The minimum Gasteiger partial charge on any atom is -0.475 e. The highest BCUT2D eigenvalue weighted by Crippen LogP contribution is 2.34. The van der Waals surface area contributed by atoms with Crippen LogP contribution in [0.5, 0.6) is 0 Å². The van der Waals surface area contributed by atoms with Crippen LogP contribution >= 0.6 is 0 Å². The van der Waals surface area contributed by atoms with Gasteiger partial charge in [0.25, 0.3) is 0 Å². The Kier molecular flexibility index (Phi) is 2.08. The summed E-state index contributed by atoms with van der Waals surface area (Å²) in [4.78, 5) is 10.5. The molecule has 1 fully saturated rings. The average Bonchev–Trinajstić information content (AvgIpc) is 2.75. The fourth-order valence-electron chi connectivity index (χ4n) is 1.90. The molecule has 3 heteroatoms. The van der Waals surface area contributed by atoms with E-state index in [1.54, 1.807) is 6.07 Å². The summed E-state index contributed by atoms with van der Waals surface area (Å²) in [6.07, 6.45) is 4.72. The Morgan fingerprint density at radius 3 is 2.62 bits per heavy atom. The normalized spacial score (nSPS) is 17.8. The fraction of sp³-hybridized carbons (Fsp3) is 0.500. The molecule has 0 bridgehead atoms. The predicted octanol–water partition coefficient (Wildman–Crippen LogP) is 2.64. The summed E-state index contributed by atoms with van der Waals surface area (Å²) in [6.45, 7) is 0. The van der Waals surface area contributed by atoms with Gasteiger partial charge in [0.05, 0.1) is 0 Å². The third kappa shape index (κ3) is 1.59. The summed E-state index contributed by atoms with van der Waals surface area (Å²) in [5.41, 5.74) is 0. The van der Waals surface area contributed by atoms with Gasteiger partial charge in [0.1, 0.15) is 5.76 Å². The highest BCUT2D eigenvalue weighted by molar-refractivity contribution is 5.84. The lowest BCUT2D eigenvalue weighted by atomic mass is 10.1. The topological polar surface area (TPSA) is 50.4 Å². The van der Waals surface area contributed by atoms with Crippen LogP contribution in [0.25, 0.3) is 0 Å². The van der Waals surface area contributed by atoms with Gasteiger partial charge < -0.3 is 9.52 Å². The van der Waals surface area contributed by atoms with Crippen molar-refractivity contribution < 1.29 is 14.3 Å². The Balaban J connectivity index is 2.16.